The molecule has 0 saturated carbocycles. The van der Waals surface area contributed by atoms with Crippen molar-refractivity contribution in [3.63, 3.8) is 0 Å². The van der Waals surface area contributed by atoms with Crippen LogP contribution in [0.3, 0.4) is 0 Å². The summed E-state index contributed by atoms with van der Waals surface area (Å²) in [7, 11) is -3.62. The Hall–Kier alpha value is -3.49. The first-order valence-corrected chi connectivity index (χ1v) is 12.1. The Kier molecular flexibility index (Phi) is 6.57. The normalized spacial score (nSPS) is 12.5. The topological polar surface area (TPSA) is 98.5 Å². The highest BCUT2D eigenvalue weighted by atomic mass is 32.2. The zero-order chi connectivity index (χ0) is 23.4. The second kappa shape index (κ2) is 9.56. The number of imidazole rings is 1. The summed E-state index contributed by atoms with van der Waals surface area (Å²) in [4.78, 5) is 16.3. The van der Waals surface area contributed by atoms with Gasteiger partial charge < -0.3 is 14.4 Å². The first kappa shape index (κ1) is 22.7. The third kappa shape index (κ3) is 5.30. The third-order valence-corrected chi connectivity index (χ3v) is 6.86. The number of rotatable bonds is 9. The van der Waals surface area contributed by atoms with E-state index in [9.17, 15) is 18.3 Å². The van der Waals surface area contributed by atoms with Gasteiger partial charge in [-0.1, -0.05) is 42.5 Å². The van der Waals surface area contributed by atoms with Crippen LogP contribution in [0, 0.1) is 0 Å². The Morgan fingerprint density at radius 2 is 1.76 bits per heavy atom. The van der Waals surface area contributed by atoms with Crippen LogP contribution in [-0.4, -0.2) is 41.6 Å². The van der Waals surface area contributed by atoms with E-state index in [0.29, 0.717) is 22.7 Å². The Balaban J connectivity index is 1.55. The zero-order valence-electron chi connectivity index (χ0n) is 18.1. The predicted molar refractivity (Wildman–Crippen MR) is 125 cm³/mol. The maximum absolute atomic E-state index is 12.9. The van der Waals surface area contributed by atoms with E-state index in [2.05, 4.69) is 4.98 Å². The van der Waals surface area contributed by atoms with E-state index in [1.165, 1.54) is 6.92 Å². The summed E-state index contributed by atoms with van der Waals surface area (Å²) in [6.07, 6.45) is -0.929. The van der Waals surface area contributed by atoms with E-state index in [-0.39, 0.29) is 29.6 Å². The van der Waals surface area contributed by atoms with Crippen molar-refractivity contribution < 1.29 is 23.1 Å². The Morgan fingerprint density at radius 1 is 1.03 bits per heavy atom. The molecule has 1 N–H and O–H groups in total. The van der Waals surface area contributed by atoms with Gasteiger partial charge in [-0.2, -0.15) is 0 Å². The molecule has 0 unspecified atom stereocenters. The summed E-state index contributed by atoms with van der Waals surface area (Å²) < 4.78 is 33.3. The van der Waals surface area contributed by atoms with Crippen LogP contribution in [0.4, 0.5) is 0 Å². The van der Waals surface area contributed by atoms with Gasteiger partial charge >= 0.3 is 0 Å². The van der Waals surface area contributed by atoms with Gasteiger partial charge in [0.1, 0.15) is 30.0 Å². The molecule has 0 aliphatic carbocycles. The van der Waals surface area contributed by atoms with Crippen molar-refractivity contribution in [2.75, 3.05) is 6.61 Å². The lowest BCUT2D eigenvalue weighted by Crippen LogP contribution is -2.25. The van der Waals surface area contributed by atoms with E-state index in [0.717, 1.165) is 5.52 Å². The molecule has 4 aromatic rings. The number of ketones is 1. The lowest BCUT2D eigenvalue weighted by atomic mass is 10.1. The standard InChI is InChI=1S/C25H24N2O5S/c1-18(28)19-8-7-9-21(14-19)32-16-20(29)15-27-24-13-6-5-12-23(24)26-25(27)17-33(30,31)22-10-3-2-4-11-22/h2-14,20,29H,15-17H2,1H3/t20-/m0/s1. The van der Waals surface area contributed by atoms with Gasteiger partial charge in [0.2, 0.25) is 0 Å². The maximum atomic E-state index is 12.9. The van der Waals surface area contributed by atoms with Crippen LogP contribution in [0.1, 0.15) is 23.1 Å². The molecule has 170 valence electrons. The van der Waals surface area contributed by atoms with Crippen LogP contribution in [0.25, 0.3) is 11.0 Å². The minimum atomic E-state index is -3.62. The summed E-state index contributed by atoms with van der Waals surface area (Å²) in [5, 5.41) is 10.7. The van der Waals surface area contributed by atoms with E-state index in [1.807, 2.05) is 18.2 Å². The molecule has 1 aromatic heterocycles. The summed E-state index contributed by atoms with van der Waals surface area (Å²) in [6.45, 7) is 1.55. The summed E-state index contributed by atoms with van der Waals surface area (Å²) >= 11 is 0. The van der Waals surface area contributed by atoms with E-state index >= 15 is 0 Å². The first-order chi connectivity index (χ1) is 15.8. The van der Waals surface area contributed by atoms with Gasteiger partial charge in [-0.05, 0) is 43.3 Å². The molecule has 0 fully saturated rings. The predicted octanol–water partition coefficient (Wildman–Crippen LogP) is 3.65. The van der Waals surface area contributed by atoms with E-state index in [4.69, 9.17) is 4.74 Å². The second-order valence-corrected chi connectivity index (χ2v) is 9.74. The monoisotopic (exact) mass is 464 g/mol. The highest BCUT2D eigenvalue weighted by Crippen LogP contribution is 2.22. The molecular formula is C25H24N2O5S. The van der Waals surface area contributed by atoms with Crippen LogP contribution < -0.4 is 4.74 Å². The van der Waals surface area contributed by atoms with Crippen molar-refractivity contribution in [2.45, 2.75) is 30.2 Å². The highest BCUT2D eigenvalue weighted by molar-refractivity contribution is 7.90. The zero-order valence-corrected chi connectivity index (χ0v) is 18.9. The number of sulfone groups is 1. The molecule has 0 bridgehead atoms. The second-order valence-electron chi connectivity index (χ2n) is 7.75. The lowest BCUT2D eigenvalue weighted by molar-refractivity contribution is 0.0927. The Morgan fingerprint density at radius 3 is 2.52 bits per heavy atom. The number of para-hydroxylation sites is 2. The molecular weight excluding hydrogens is 440 g/mol. The number of benzene rings is 3. The average Bonchev–Trinajstić information content (AvgIpc) is 3.14. The molecule has 1 atom stereocenters. The van der Waals surface area contributed by atoms with Crippen LogP contribution >= 0.6 is 0 Å². The van der Waals surface area contributed by atoms with Gasteiger partial charge in [-0.3, -0.25) is 4.79 Å². The van der Waals surface area contributed by atoms with Gasteiger partial charge in [0, 0.05) is 5.56 Å². The van der Waals surface area contributed by atoms with Gasteiger partial charge in [-0.15, -0.1) is 0 Å². The van der Waals surface area contributed by atoms with Crippen LogP contribution in [-0.2, 0) is 22.1 Å². The number of aliphatic hydroxyl groups is 1. The van der Waals surface area contributed by atoms with Gasteiger partial charge in [0.25, 0.3) is 0 Å². The van der Waals surface area contributed by atoms with Crippen molar-refractivity contribution in [2.24, 2.45) is 0 Å². The SMILES string of the molecule is CC(=O)c1cccc(OC[C@@H](O)Cn2c(CS(=O)(=O)c3ccccc3)nc3ccccc32)c1. The fourth-order valence-electron chi connectivity index (χ4n) is 3.58. The fourth-order valence-corrected chi connectivity index (χ4v) is 4.88. The number of aromatic nitrogens is 2. The molecule has 4 rings (SSSR count). The third-order valence-electron chi connectivity index (χ3n) is 5.23. The number of aliphatic hydroxyl groups excluding tert-OH is 1. The summed E-state index contributed by atoms with van der Waals surface area (Å²) in [6, 6.07) is 22.3. The largest absolute Gasteiger partial charge is 0.491 e. The summed E-state index contributed by atoms with van der Waals surface area (Å²) in [5.74, 6) is 0.455. The number of Topliss-reactive ketones (excluding diaryl/α,β-unsaturated/α-hetero) is 1. The van der Waals surface area contributed by atoms with Crippen LogP contribution in [0.2, 0.25) is 0 Å². The van der Waals surface area contributed by atoms with E-state index < -0.39 is 15.9 Å². The van der Waals surface area contributed by atoms with Crippen LogP contribution in [0.5, 0.6) is 5.75 Å². The molecule has 0 spiro atoms. The molecule has 3 aromatic carbocycles. The number of hydrogen-bond donors (Lipinski definition) is 1. The first-order valence-electron chi connectivity index (χ1n) is 10.5. The maximum Gasteiger partial charge on any atom is 0.185 e. The molecule has 8 heteroatoms. The van der Waals surface area contributed by atoms with Gasteiger partial charge in [-0.25, -0.2) is 13.4 Å². The lowest BCUT2D eigenvalue weighted by Gasteiger charge is -2.16. The average molecular weight is 465 g/mol. The minimum Gasteiger partial charge on any atom is -0.491 e. The number of nitrogens with zero attached hydrogens (tertiary/aromatic N) is 2. The molecule has 0 radical (unpaired) electrons. The number of ether oxygens (including phenoxy) is 1. The van der Waals surface area contributed by atoms with Gasteiger partial charge in [0.15, 0.2) is 15.6 Å². The van der Waals surface area contributed by atoms with Crippen molar-refractivity contribution in [3.8, 4) is 5.75 Å². The van der Waals surface area contributed by atoms with Crippen LogP contribution in [0.15, 0.2) is 83.8 Å². The van der Waals surface area contributed by atoms with Crippen molar-refractivity contribution in [3.05, 3.63) is 90.3 Å². The molecule has 0 saturated heterocycles. The highest BCUT2D eigenvalue weighted by Gasteiger charge is 2.22. The minimum absolute atomic E-state index is 0.0290. The fraction of sp³-hybridized carbons (Fsp3) is 0.200. The quantitative estimate of drug-likeness (QED) is 0.380. The number of carbonyl (C=O) groups is 1. The Bertz CT molecular complexity index is 1380. The number of hydrogen-bond acceptors (Lipinski definition) is 6. The molecule has 0 amide bonds. The molecule has 33 heavy (non-hydrogen) atoms. The molecule has 7 nitrogen and oxygen atoms in total. The molecule has 0 aliphatic rings. The summed E-state index contributed by atoms with van der Waals surface area (Å²) in [5.41, 5.74) is 1.91. The Labute approximate surface area is 192 Å². The number of carbonyl (C=O) groups excluding carboxylic acids is 1. The number of fused-ring (bicyclic) bond motifs is 1. The van der Waals surface area contributed by atoms with Gasteiger partial charge in [0.05, 0.1) is 22.5 Å². The van der Waals surface area contributed by atoms with Crippen molar-refractivity contribution in [1.82, 2.24) is 9.55 Å². The van der Waals surface area contributed by atoms with Crippen molar-refractivity contribution >= 4 is 26.7 Å². The van der Waals surface area contributed by atoms with Crippen molar-refractivity contribution in [1.29, 1.82) is 0 Å². The smallest absolute Gasteiger partial charge is 0.185 e. The molecule has 0 aliphatic heterocycles. The van der Waals surface area contributed by atoms with E-state index in [1.54, 1.807) is 65.2 Å². The molecule has 1 heterocycles.